The number of hydrogen-bond acceptors (Lipinski definition) is 3. The van der Waals surface area contributed by atoms with Crippen LogP contribution in [0.2, 0.25) is 0 Å². The number of nitrogens with zero attached hydrogens (tertiary/aromatic N) is 2. The first-order valence-electron chi connectivity index (χ1n) is 6.78. The summed E-state index contributed by atoms with van der Waals surface area (Å²) in [6, 6.07) is -0.282. The summed E-state index contributed by atoms with van der Waals surface area (Å²) >= 11 is 0. The lowest BCUT2D eigenvalue weighted by Crippen LogP contribution is -2.54. The second-order valence-electron chi connectivity index (χ2n) is 5.70. The van der Waals surface area contributed by atoms with E-state index in [1.807, 2.05) is 13.8 Å². The Labute approximate surface area is 114 Å². The SMILES string of the molecule is CC1CN(C)CCC1NC(=O)N(CC(=O)O)C(C)C. The van der Waals surface area contributed by atoms with E-state index >= 15 is 0 Å². The van der Waals surface area contributed by atoms with Crippen LogP contribution in [-0.2, 0) is 4.79 Å². The third-order valence-corrected chi connectivity index (χ3v) is 3.61. The number of carbonyl (C=O) groups is 2. The standard InChI is InChI=1S/C13H25N3O3/c1-9(2)16(8-12(17)18)13(19)14-11-5-6-15(4)7-10(11)3/h9-11H,5-8H2,1-4H3,(H,14,19)(H,17,18). The van der Waals surface area contributed by atoms with Crippen LogP contribution in [0.15, 0.2) is 0 Å². The van der Waals surface area contributed by atoms with Gasteiger partial charge in [0.1, 0.15) is 6.54 Å². The second kappa shape index (κ2) is 6.75. The molecule has 0 spiro atoms. The van der Waals surface area contributed by atoms with Gasteiger partial charge in [0, 0.05) is 18.6 Å². The first kappa shape index (κ1) is 15.8. The Morgan fingerprint density at radius 2 is 2.11 bits per heavy atom. The van der Waals surface area contributed by atoms with Gasteiger partial charge >= 0.3 is 12.0 Å². The lowest BCUT2D eigenvalue weighted by atomic mass is 9.94. The highest BCUT2D eigenvalue weighted by Gasteiger charge is 2.28. The van der Waals surface area contributed by atoms with E-state index in [4.69, 9.17) is 5.11 Å². The number of carboxylic acid groups (broad SMARTS) is 1. The van der Waals surface area contributed by atoms with Crippen LogP contribution in [-0.4, -0.2) is 65.7 Å². The molecule has 0 radical (unpaired) electrons. The van der Waals surface area contributed by atoms with Crippen molar-refractivity contribution in [2.45, 2.75) is 39.3 Å². The minimum absolute atomic E-state index is 0.124. The maximum Gasteiger partial charge on any atom is 0.323 e. The lowest BCUT2D eigenvalue weighted by Gasteiger charge is -2.37. The summed E-state index contributed by atoms with van der Waals surface area (Å²) in [7, 11) is 2.07. The summed E-state index contributed by atoms with van der Waals surface area (Å²) in [6.07, 6.45) is 0.905. The van der Waals surface area contributed by atoms with Crippen molar-refractivity contribution in [1.29, 1.82) is 0 Å². The summed E-state index contributed by atoms with van der Waals surface area (Å²) in [5, 5.41) is 11.8. The minimum atomic E-state index is -0.986. The summed E-state index contributed by atoms with van der Waals surface area (Å²) < 4.78 is 0. The third-order valence-electron chi connectivity index (χ3n) is 3.61. The fourth-order valence-corrected chi connectivity index (χ4v) is 2.44. The molecular formula is C13H25N3O3. The highest BCUT2D eigenvalue weighted by molar-refractivity contribution is 5.80. The van der Waals surface area contributed by atoms with Crippen molar-refractivity contribution < 1.29 is 14.7 Å². The van der Waals surface area contributed by atoms with Gasteiger partial charge in [-0.2, -0.15) is 0 Å². The second-order valence-corrected chi connectivity index (χ2v) is 5.70. The van der Waals surface area contributed by atoms with Crippen molar-refractivity contribution in [2.24, 2.45) is 5.92 Å². The average molecular weight is 271 g/mol. The van der Waals surface area contributed by atoms with E-state index in [2.05, 4.69) is 24.2 Å². The van der Waals surface area contributed by atoms with E-state index in [-0.39, 0.29) is 24.7 Å². The van der Waals surface area contributed by atoms with Gasteiger partial charge in [0.15, 0.2) is 0 Å². The molecule has 1 aliphatic heterocycles. The number of likely N-dealkylation sites (tertiary alicyclic amines) is 1. The summed E-state index contributed by atoms with van der Waals surface area (Å²) in [5.74, 6) is -0.609. The molecule has 1 aliphatic rings. The minimum Gasteiger partial charge on any atom is -0.480 e. The molecule has 0 aromatic heterocycles. The highest BCUT2D eigenvalue weighted by Crippen LogP contribution is 2.16. The zero-order valence-corrected chi connectivity index (χ0v) is 12.2. The molecule has 1 heterocycles. The van der Waals surface area contributed by atoms with Crippen LogP contribution in [0.1, 0.15) is 27.2 Å². The van der Waals surface area contributed by atoms with Gasteiger partial charge in [-0.1, -0.05) is 6.92 Å². The molecule has 2 atom stereocenters. The van der Waals surface area contributed by atoms with Crippen LogP contribution in [0.25, 0.3) is 0 Å². The fourth-order valence-electron chi connectivity index (χ4n) is 2.44. The predicted octanol–water partition coefficient (Wildman–Crippen LogP) is 0.831. The van der Waals surface area contributed by atoms with Crippen LogP contribution in [0, 0.1) is 5.92 Å². The molecule has 2 unspecified atom stereocenters. The number of carbonyl (C=O) groups excluding carboxylic acids is 1. The van der Waals surface area contributed by atoms with Gasteiger partial charge < -0.3 is 20.2 Å². The van der Waals surface area contributed by atoms with Gasteiger partial charge in [0.2, 0.25) is 0 Å². The van der Waals surface area contributed by atoms with Crippen LogP contribution in [0.5, 0.6) is 0 Å². The van der Waals surface area contributed by atoms with Gasteiger partial charge in [0.05, 0.1) is 0 Å². The Morgan fingerprint density at radius 3 is 2.58 bits per heavy atom. The van der Waals surface area contributed by atoms with Crippen molar-refractivity contribution in [3.8, 4) is 0 Å². The molecule has 0 aliphatic carbocycles. The van der Waals surface area contributed by atoms with Gasteiger partial charge in [-0.05, 0) is 39.8 Å². The molecule has 2 amide bonds. The normalized spacial score (nSPS) is 24.3. The van der Waals surface area contributed by atoms with E-state index in [1.165, 1.54) is 4.90 Å². The number of carboxylic acids is 1. The Kier molecular flexibility index (Phi) is 5.60. The Hall–Kier alpha value is -1.30. The number of amides is 2. The molecule has 0 saturated carbocycles. The van der Waals surface area contributed by atoms with Crippen molar-refractivity contribution in [3.63, 3.8) is 0 Å². The van der Waals surface area contributed by atoms with Crippen LogP contribution in [0.3, 0.4) is 0 Å². The predicted molar refractivity (Wildman–Crippen MR) is 73.1 cm³/mol. The van der Waals surface area contributed by atoms with Gasteiger partial charge in [-0.25, -0.2) is 4.79 Å². The Balaban J connectivity index is 2.58. The molecule has 110 valence electrons. The number of urea groups is 1. The molecule has 1 saturated heterocycles. The van der Waals surface area contributed by atoms with E-state index in [0.29, 0.717) is 5.92 Å². The van der Waals surface area contributed by atoms with Gasteiger partial charge in [-0.3, -0.25) is 4.79 Å². The van der Waals surface area contributed by atoms with Gasteiger partial charge in [-0.15, -0.1) is 0 Å². The first-order chi connectivity index (χ1) is 8.81. The maximum absolute atomic E-state index is 12.2. The topological polar surface area (TPSA) is 72.9 Å². The van der Waals surface area contributed by atoms with Crippen LogP contribution < -0.4 is 5.32 Å². The molecule has 0 aromatic carbocycles. The summed E-state index contributed by atoms with van der Waals surface area (Å²) in [6.45, 7) is 7.39. The van der Waals surface area contributed by atoms with E-state index < -0.39 is 5.97 Å². The molecule has 6 heteroatoms. The monoisotopic (exact) mass is 271 g/mol. The molecule has 1 rings (SSSR count). The van der Waals surface area contributed by atoms with Crippen LogP contribution in [0.4, 0.5) is 4.79 Å². The van der Waals surface area contributed by atoms with Crippen LogP contribution >= 0.6 is 0 Å². The molecule has 0 bridgehead atoms. The lowest BCUT2D eigenvalue weighted by molar-refractivity contribution is -0.138. The van der Waals surface area contributed by atoms with E-state index in [1.54, 1.807) is 0 Å². The third kappa shape index (κ3) is 4.70. The molecular weight excluding hydrogens is 246 g/mol. The zero-order valence-electron chi connectivity index (χ0n) is 12.2. The highest BCUT2D eigenvalue weighted by atomic mass is 16.4. The molecule has 6 nitrogen and oxygen atoms in total. The Morgan fingerprint density at radius 1 is 1.47 bits per heavy atom. The molecule has 19 heavy (non-hydrogen) atoms. The van der Waals surface area contributed by atoms with Crippen molar-refractivity contribution in [1.82, 2.24) is 15.1 Å². The van der Waals surface area contributed by atoms with Crippen molar-refractivity contribution >= 4 is 12.0 Å². The number of piperidine rings is 1. The average Bonchev–Trinajstić information content (AvgIpc) is 2.29. The molecule has 0 aromatic rings. The summed E-state index contributed by atoms with van der Waals surface area (Å²) in [4.78, 5) is 26.5. The smallest absolute Gasteiger partial charge is 0.323 e. The summed E-state index contributed by atoms with van der Waals surface area (Å²) in [5.41, 5.74) is 0. The molecule has 2 N–H and O–H groups in total. The van der Waals surface area contributed by atoms with Crippen molar-refractivity contribution in [3.05, 3.63) is 0 Å². The number of nitrogens with one attached hydrogen (secondary N) is 1. The quantitative estimate of drug-likeness (QED) is 0.794. The van der Waals surface area contributed by atoms with Gasteiger partial charge in [0.25, 0.3) is 0 Å². The fraction of sp³-hybridized carbons (Fsp3) is 0.846. The number of rotatable bonds is 4. The van der Waals surface area contributed by atoms with Crippen molar-refractivity contribution in [2.75, 3.05) is 26.7 Å². The van der Waals surface area contributed by atoms with E-state index in [0.717, 1.165) is 19.5 Å². The molecule has 1 fully saturated rings. The largest absolute Gasteiger partial charge is 0.480 e. The first-order valence-corrected chi connectivity index (χ1v) is 6.78. The Bertz CT molecular complexity index is 333. The maximum atomic E-state index is 12.2. The number of aliphatic carboxylic acids is 1. The number of hydrogen-bond donors (Lipinski definition) is 2. The zero-order chi connectivity index (χ0) is 14.6. The van der Waals surface area contributed by atoms with E-state index in [9.17, 15) is 9.59 Å².